The van der Waals surface area contributed by atoms with Gasteiger partial charge >= 0.3 is 0 Å². The minimum atomic E-state index is -0.238. The zero-order valence-corrected chi connectivity index (χ0v) is 12.5. The molecule has 1 atom stereocenters. The van der Waals surface area contributed by atoms with Gasteiger partial charge in [-0.1, -0.05) is 6.92 Å². The van der Waals surface area contributed by atoms with Crippen LogP contribution in [0.1, 0.15) is 27.2 Å². The summed E-state index contributed by atoms with van der Waals surface area (Å²) < 4.78 is 11.5. The van der Waals surface area contributed by atoms with E-state index in [2.05, 4.69) is 35.6 Å². The molecule has 0 radical (unpaired) electrons. The average molecular weight is 280 g/mol. The molecule has 0 amide bonds. The lowest BCUT2D eigenvalue weighted by atomic mass is 10.1. The molecule has 1 aliphatic rings. The Kier molecular flexibility index (Phi) is 4.77. The Morgan fingerprint density at radius 3 is 3.00 bits per heavy atom. The van der Waals surface area contributed by atoms with E-state index in [9.17, 15) is 0 Å². The summed E-state index contributed by atoms with van der Waals surface area (Å²) in [5.41, 5.74) is 5.51. The van der Waals surface area contributed by atoms with Gasteiger partial charge in [0.05, 0.1) is 18.3 Å². The van der Waals surface area contributed by atoms with Gasteiger partial charge in [-0.25, -0.2) is 9.97 Å². The fraction of sp³-hybridized carbons (Fsp3) is 0.714. The maximum Gasteiger partial charge on any atom is 0.218 e. The van der Waals surface area contributed by atoms with Crippen molar-refractivity contribution in [2.24, 2.45) is 5.73 Å². The predicted molar refractivity (Wildman–Crippen MR) is 78.0 cm³/mol. The van der Waals surface area contributed by atoms with Crippen molar-refractivity contribution in [2.45, 2.75) is 38.9 Å². The highest BCUT2D eigenvalue weighted by Gasteiger charge is 2.33. The lowest BCUT2D eigenvalue weighted by Gasteiger charge is -2.43. The van der Waals surface area contributed by atoms with Crippen LogP contribution in [0.3, 0.4) is 0 Å². The van der Waals surface area contributed by atoms with E-state index in [0.717, 1.165) is 25.3 Å². The molecule has 112 valence electrons. The number of hydrogen-bond acceptors (Lipinski definition) is 6. The van der Waals surface area contributed by atoms with Crippen LogP contribution < -0.4 is 15.4 Å². The Morgan fingerprint density at radius 1 is 1.50 bits per heavy atom. The molecule has 0 aliphatic carbocycles. The van der Waals surface area contributed by atoms with Gasteiger partial charge in [0, 0.05) is 25.7 Å². The molecule has 2 rings (SSSR count). The van der Waals surface area contributed by atoms with Crippen LogP contribution in [0.5, 0.6) is 5.88 Å². The Balaban J connectivity index is 2.13. The summed E-state index contributed by atoms with van der Waals surface area (Å²) in [6.07, 6.45) is 2.52. The maximum atomic E-state index is 5.93. The quantitative estimate of drug-likeness (QED) is 0.874. The van der Waals surface area contributed by atoms with Crippen LogP contribution in [0.2, 0.25) is 0 Å². The summed E-state index contributed by atoms with van der Waals surface area (Å²) in [5, 5.41) is 0. The fourth-order valence-electron chi connectivity index (χ4n) is 2.38. The third-order valence-electron chi connectivity index (χ3n) is 3.15. The first-order chi connectivity index (χ1) is 9.54. The number of aromatic nitrogens is 2. The smallest absolute Gasteiger partial charge is 0.218 e. The second kappa shape index (κ2) is 6.37. The predicted octanol–water partition coefficient (Wildman–Crippen LogP) is 1.21. The van der Waals surface area contributed by atoms with E-state index in [0.29, 0.717) is 19.0 Å². The zero-order chi connectivity index (χ0) is 14.6. The van der Waals surface area contributed by atoms with Crippen molar-refractivity contribution >= 4 is 5.82 Å². The minimum absolute atomic E-state index is 0.0220. The molecular formula is C14H24N4O2. The molecule has 6 heteroatoms. The van der Waals surface area contributed by atoms with E-state index in [1.54, 1.807) is 6.33 Å². The topological polar surface area (TPSA) is 73.5 Å². The standard InChI is InChI=1S/C14H24N4O2/c1-4-5-19-13-6-12(16-10-17-13)18-8-11(7-15)20-14(2,3)9-18/h6,10-11H,4-5,7-9,15H2,1-3H3. The number of anilines is 1. The number of hydrogen-bond donors (Lipinski definition) is 1. The van der Waals surface area contributed by atoms with Crippen molar-refractivity contribution < 1.29 is 9.47 Å². The van der Waals surface area contributed by atoms with E-state index in [-0.39, 0.29) is 11.7 Å². The largest absolute Gasteiger partial charge is 0.478 e. The first-order valence-corrected chi connectivity index (χ1v) is 7.12. The van der Waals surface area contributed by atoms with Gasteiger partial charge in [0.1, 0.15) is 12.1 Å². The third kappa shape index (κ3) is 3.80. The Labute approximate surface area is 120 Å². The van der Waals surface area contributed by atoms with Crippen molar-refractivity contribution in [1.82, 2.24) is 9.97 Å². The van der Waals surface area contributed by atoms with Crippen LogP contribution in [0.25, 0.3) is 0 Å². The molecule has 1 aromatic heterocycles. The lowest BCUT2D eigenvalue weighted by Crippen LogP contribution is -2.55. The van der Waals surface area contributed by atoms with Gasteiger partial charge in [-0.2, -0.15) is 0 Å². The second-order valence-electron chi connectivity index (χ2n) is 5.68. The van der Waals surface area contributed by atoms with Crippen LogP contribution in [0.4, 0.5) is 5.82 Å². The van der Waals surface area contributed by atoms with E-state index < -0.39 is 0 Å². The number of nitrogens with zero attached hydrogens (tertiary/aromatic N) is 3. The van der Waals surface area contributed by atoms with Gasteiger partial charge in [-0.15, -0.1) is 0 Å². The van der Waals surface area contributed by atoms with Crippen LogP contribution >= 0.6 is 0 Å². The van der Waals surface area contributed by atoms with Gasteiger partial charge in [0.15, 0.2) is 0 Å². The van der Waals surface area contributed by atoms with Crippen LogP contribution in [-0.2, 0) is 4.74 Å². The van der Waals surface area contributed by atoms with Gasteiger partial charge in [0.2, 0.25) is 5.88 Å². The monoisotopic (exact) mass is 280 g/mol. The molecule has 0 spiro atoms. The lowest BCUT2D eigenvalue weighted by molar-refractivity contribution is -0.0790. The molecule has 1 unspecified atom stereocenters. The highest BCUT2D eigenvalue weighted by molar-refractivity contribution is 5.42. The minimum Gasteiger partial charge on any atom is -0.478 e. The van der Waals surface area contributed by atoms with Crippen LogP contribution in [-0.4, -0.2) is 47.9 Å². The first kappa shape index (κ1) is 15.0. The van der Waals surface area contributed by atoms with E-state index >= 15 is 0 Å². The van der Waals surface area contributed by atoms with E-state index in [1.165, 1.54) is 0 Å². The summed E-state index contributed by atoms with van der Waals surface area (Å²) >= 11 is 0. The van der Waals surface area contributed by atoms with Gasteiger partial charge in [-0.3, -0.25) is 0 Å². The highest BCUT2D eigenvalue weighted by atomic mass is 16.5. The molecule has 1 fully saturated rings. The summed E-state index contributed by atoms with van der Waals surface area (Å²) in [7, 11) is 0. The molecule has 2 heterocycles. The Bertz CT molecular complexity index is 439. The van der Waals surface area contributed by atoms with Crippen molar-refractivity contribution in [3.8, 4) is 5.88 Å². The SMILES string of the molecule is CCCOc1cc(N2CC(CN)OC(C)(C)C2)ncn1. The number of morpholine rings is 1. The molecule has 20 heavy (non-hydrogen) atoms. The second-order valence-corrected chi connectivity index (χ2v) is 5.68. The van der Waals surface area contributed by atoms with E-state index in [1.807, 2.05) is 6.07 Å². The molecule has 0 saturated carbocycles. The van der Waals surface area contributed by atoms with Crippen molar-refractivity contribution in [1.29, 1.82) is 0 Å². The summed E-state index contributed by atoms with van der Waals surface area (Å²) in [4.78, 5) is 10.7. The molecule has 1 aliphatic heterocycles. The molecular weight excluding hydrogens is 256 g/mol. The van der Waals surface area contributed by atoms with Gasteiger partial charge in [0.25, 0.3) is 0 Å². The van der Waals surface area contributed by atoms with Crippen molar-refractivity contribution in [2.75, 3.05) is 31.1 Å². The van der Waals surface area contributed by atoms with Crippen LogP contribution in [0.15, 0.2) is 12.4 Å². The average Bonchev–Trinajstić information content (AvgIpc) is 2.43. The number of ether oxygens (including phenoxy) is 2. The molecule has 0 bridgehead atoms. The molecule has 2 N–H and O–H groups in total. The van der Waals surface area contributed by atoms with Crippen molar-refractivity contribution in [3.05, 3.63) is 12.4 Å². The summed E-state index contributed by atoms with van der Waals surface area (Å²) in [6, 6.07) is 1.88. The fourth-order valence-corrected chi connectivity index (χ4v) is 2.38. The molecule has 6 nitrogen and oxygen atoms in total. The molecule has 0 aromatic carbocycles. The summed E-state index contributed by atoms with van der Waals surface area (Å²) in [6.45, 7) is 8.88. The summed E-state index contributed by atoms with van der Waals surface area (Å²) in [5.74, 6) is 1.48. The Hall–Kier alpha value is -1.40. The van der Waals surface area contributed by atoms with Gasteiger partial charge in [-0.05, 0) is 20.3 Å². The van der Waals surface area contributed by atoms with Crippen molar-refractivity contribution in [3.63, 3.8) is 0 Å². The van der Waals surface area contributed by atoms with Crippen LogP contribution in [0, 0.1) is 0 Å². The highest BCUT2D eigenvalue weighted by Crippen LogP contribution is 2.25. The third-order valence-corrected chi connectivity index (χ3v) is 3.15. The van der Waals surface area contributed by atoms with Gasteiger partial charge < -0.3 is 20.1 Å². The molecule has 1 saturated heterocycles. The number of rotatable bonds is 5. The number of nitrogens with two attached hydrogens (primary N) is 1. The zero-order valence-electron chi connectivity index (χ0n) is 12.5. The maximum absolute atomic E-state index is 5.93. The molecule has 1 aromatic rings. The first-order valence-electron chi connectivity index (χ1n) is 7.12. The van der Waals surface area contributed by atoms with E-state index in [4.69, 9.17) is 15.2 Å². The normalized spacial score (nSPS) is 21.8. The Morgan fingerprint density at radius 2 is 2.30 bits per heavy atom.